The van der Waals surface area contributed by atoms with Crippen LogP contribution in [0.5, 0.6) is 0 Å². The first kappa shape index (κ1) is 17.6. The van der Waals surface area contributed by atoms with E-state index in [9.17, 15) is 4.79 Å². The molecule has 6 heteroatoms. The molecule has 0 bridgehead atoms. The molecule has 26 heavy (non-hydrogen) atoms. The molecule has 1 amide bonds. The Hall–Kier alpha value is -3.17. The molecule has 2 aromatic carbocycles. The summed E-state index contributed by atoms with van der Waals surface area (Å²) in [6.45, 7) is 3.77. The molecule has 1 aliphatic rings. The molecule has 132 valence electrons. The van der Waals surface area contributed by atoms with Gasteiger partial charge in [0.1, 0.15) is 0 Å². The lowest BCUT2D eigenvalue weighted by Gasteiger charge is -2.30. The smallest absolute Gasteiger partial charge is 0.252 e. The van der Waals surface area contributed by atoms with Crippen molar-refractivity contribution >= 4 is 17.4 Å². The predicted octanol–water partition coefficient (Wildman–Crippen LogP) is 2.97. The van der Waals surface area contributed by atoms with Crippen molar-refractivity contribution < 1.29 is 9.63 Å². The van der Waals surface area contributed by atoms with Crippen LogP contribution >= 0.6 is 0 Å². The fourth-order valence-corrected chi connectivity index (χ4v) is 3.06. The zero-order valence-corrected chi connectivity index (χ0v) is 14.9. The number of aliphatic imine (C=N–C) groups is 1. The number of hydrogen-bond acceptors (Lipinski definition) is 5. The van der Waals surface area contributed by atoms with E-state index in [4.69, 9.17) is 15.1 Å². The largest absolute Gasteiger partial charge is 0.324 e. The SMILES string of the molecule is CON1C(c2cccc(C#N)c2)=NC(C)(C)C1C(=O)Nc1ccccc1. The third kappa shape index (κ3) is 3.30. The highest BCUT2D eigenvalue weighted by Gasteiger charge is 2.47. The van der Waals surface area contributed by atoms with Crippen LogP contribution in [0.4, 0.5) is 5.69 Å². The van der Waals surface area contributed by atoms with Gasteiger partial charge >= 0.3 is 0 Å². The molecule has 0 aliphatic carbocycles. The van der Waals surface area contributed by atoms with Crippen molar-refractivity contribution in [3.63, 3.8) is 0 Å². The van der Waals surface area contributed by atoms with Gasteiger partial charge in [0.05, 0.1) is 24.3 Å². The molecule has 0 spiro atoms. The van der Waals surface area contributed by atoms with E-state index >= 15 is 0 Å². The van der Waals surface area contributed by atoms with Crippen molar-refractivity contribution in [2.24, 2.45) is 4.99 Å². The van der Waals surface area contributed by atoms with Crippen LogP contribution < -0.4 is 5.32 Å². The maximum Gasteiger partial charge on any atom is 0.252 e. The van der Waals surface area contributed by atoms with Crippen molar-refractivity contribution in [1.29, 1.82) is 5.26 Å². The first-order chi connectivity index (χ1) is 12.5. The van der Waals surface area contributed by atoms with Gasteiger partial charge in [0, 0.05) is 11.3 Å². The number of nitrogens with zero attached hydrogens (tertiary/aromatic N) is 3. The highest BCUT2D eigenvalue weighted by atomic mass is 16.7. The molecule has 1 unspecified atom stereocenters. The van der Waals surface area contributed by atoms with Crippen molar-refractivity contribution in [1.82, 2.24) is 5.06 Å². The van der Waals surface area contributed by atoms with Gasteiger partial charge in [-0.3, -0.25) is 14.6 Å². The van der Waals surface area contributed by atoms with Gasteiger partial charge in [-0.15, -0.1) is 0 Å². The highest BCUT2D eigenvalue weighted by Crippen LogP contribution is 2.31. The van der Waals surface area contributed by atoms with E-state index in [1.165, 1.54) is 12.2 Å². The molecule has 0 radical (unpaired) electrons. The van der Waals surface area contributed by atoms with Crippen LogP contribution in [-0.2, 0) is 9.63 Å². The Kier molecular flexibility index (Phi) is 4.74. The lowest BCUT2D eigenvalue weighted by molar-refractivity contribution is -0.140. The Morgan fingerprint density at radius 3 is 2.62 bits per heavy atom. The number of benzene rings is 2. The number of hydroxylamine groups is 2. The third-order valence-corrected chi connectivity index (χ3v) is 4.24. The summed E-state index contributed by atoms with van der Waals surface area (Å²) in [5, 5.41) is 13.6. The number of amides is 1. The van der Waals surface area contributed by atoms with Crippen LogP contribution in [0.2, 0.25) is 0 Å². The van der Waals surface area contributed by atoms with Gasteiger partial charge in [0.25, 0.3) is 5.91 Å². The molecule has 3 rings (SSSR count). The molecule has 1 heterocycles. The molecule has 2 aromatic rings. The first-order valence-corrected chi connectivity index (χ1v) is 8.26. The molecular weight excluding hydrogens is 328 g/mol. The van der Waals surface area contributed by atoms with Crippen LogP contribution in [0, 0.1) is 11.3 Å². The van der Waals surface area contributed by atoms with Crippen LogP contribution in [0.15, 0.2) is 59.6 Å². The van der Waals surface area contributed by atoms with Crippen molar-refractivity contribution in [2.75, 3.05) is 12.4 Å². The number of para-hydroxylation sites is 1. The number of anilines is 1. The fraction of sp³-hybridized carbons (Fsp3) is 0.250. The van der Waals surface area contributed by atoms with Gasteiger partial charge < -0.3 is 5.32 Å². The van der Waals surface area contributed by atoms with Crippen molar-refractivity contribution in [3.05, 3.63) is 65.7 Å². The van der Waals surface area contributed by atoms with Gasteiger partial charge in [0.15, 0.2) is 11.9 Å². The van der Waals surface area contributed by atoms with E-state index in [0.717, 1.165) is 5.56 Å². The van der Waals surface area contributed by atoms with E-state index in [2.05, 4.69) is 11.4 Å². The summed E-state index contributed by atoms with van der Waals surface area (Å²) in [7, 11) is 1.51. The van der Waals surface area contributed by atoms with E-state index in [0.29, 0.717) is 17.1 Å². The van der Waals surface area contributed by atoms with Crippen LogP contribution in [0.1, 0.15) is 25.0 Å². The van der Waals surface area contributed by atoms with E-state index < -0.39 is 11.6 Å². The summed E-state index contributed by atoms with van der Waals surface area (Å²) in [5.74, 6) is 0.320. The minimum absolute atomic E-state index is 0.210. The lowest BCUT2D eigenvalue weighted by atomic mass is 9.96. The van der Waals surface area contributed by atoms with Crippen LogP contribution in [-0.4, -0.2) is 35.5 Å². The van der Waals surface area contributed by atoms with Gasteiger partial charge in [0.2, 0.25) is 0 Å². The minimum atomic E-state index is -0.702. The average molecular weight is 348 g/mol. The molecule has 1 atom stereocenters. The Balaban J connectivity index is 1.93. The molecule has 0 fully saturated rings. The maximum atomic E-state index is 12.9. The van der Waals surface area contributed by atoms with Crippen molar-refractivity contribution in [3.8, 4) is 6.07 Å². The molecule has 6 nitrogen and oxygen atoms in total. The summed E-state index contributed by atoms with van der Waals surface area (Å²) >= 11 is 0. The van der Waals surface area contributed by atoms with Gasteiger partial charge in [-0.05, 0) is 38.1 Å². The highest BCUT2D eigenvalue weighted by molar-refractivity contribution is 6.06. The number of amidine groups is 1. The van der Waals surface area contributed by atoms with Crippen molar-refractivity contribution in [2.45, 2.75) is 25.4 Å². The second-order valence-electron chi connectivity index (χ2n) is 6.55. The van der Waals surface area contributed by atoms with Gasteiger partial charge in [-0.1, -0.05) is 30.3 Å². The Labute approximate surface area is 152 Å². The number of carbonyl (C=O) groups is 1. The number of rotatable bonds is 4. The zero-order chi connectivity index (χ0) is 18.7. The number of hydrogen-bond donors (Lipinski definition) is 1. The van der Waals surface area contributed by atoms with E-state index in [1.807, 2.05) is 50.2 Å². The van der Waals surface area contributed by atoms with Crippen LogP contribution in [0.25, 0.3) is 0 Å². The molecule has 1 aliphatic heterocycles. The summed E-state index contributed by atoms with van der Waals surface area (Å²) in [6, 6.07) is 17.8. The summed E-state index contributed by atoms with van der Waals surface area (Å²) in [6.07, 6.45) is 0. The molecule has 0 saturated heterocycles. The maximum absolute atomic E-state index is 12.9. The summed E-state index contributed by atoms with van der Waals surface area (Å²) in [5.41, 5.74) is 1.27. The first-order valence-electron chi connectivity index (χ1n) is 8.26. The quantitative estimate of drug-likeness (QED) is 0.921. The second kappa shape index (κ2) is 6.98. The van der Waals surface area contributed by atoms with E-state index in [1.54, 1.807) is 18.2 Å². The Morgan fingerprint density at radius 2 is 1.96 bits per heavy atom. The topological polar surface area (TPSA) is 77.7 Å². The van der Waals surface area contributed by atoms with Gasteiger partial charge in [-0.25, -0.2) is 5.06 Å². The number of nitriles is 1. The fourth-order valence-electron chi connectivity index (χ4n) is 3.06. The predicted molar refractivity (Wildman–Crippen MR) is 99.5 cm³/mol. The molecule has 0 aromatic heterocycles. The third-order valence-electron chi connectivity index (χ3n) is 4.24. The normalized spacial score (nSPS) is 18.2. The van der Waals surface area contributed by atoms with Crippen LogP contribution in [0.3, 0.4) is 0 Å². The number of nitrogens with one attached hydrogen (secondary N) is 1. The Morgan fingerprint density at radius 1 is 1.23 bits per heavy atom. The second-order valence-corrected chi connectivity index (χ2v) is 6.55. The average Bonchev–Trinajstić information content (AvgIpc) is 2.93. The zero-order valence-electron chi connectivity index (χ0n) is 14.9. The monoisotopic (exact) mass is 348 g/mol. The standard InChI is InChI=1S/C20H20N4O2/c1-20(2)17(19(25)22-16-10-5-4-6-11-16)24(26-3)18(23-20)15-9-7-8-14(12-15)13-21/h4-12,17H,1-3H3,(H,22,25). The number of carbonyl (C=O) groups excluding carboxylic acids is 1. The Bertz CT molecular complexity index is 884. The summed E-state index contributed by atoms with van der Waals surface area (Å²) < 4.78 is 0. The lowest BCUT2D eigenvalue weighted by Crippen LogP contribution is -2.51. The van der Waals surface area contributed by atoms with E-state index in [-0.39, 0.29) is 5.91 Å². The molecular formula is C20H20N4O2. The molecule has 1 N–H and O–H groups in total. The van der Waals surface area contributed by atoms with Gasteiger partial charge in [-0.2, -0.15) is 5.26 Å². The minimum Gasteiger partial charge on any atom is -0.324 e. The molecule has 0 saturated carbocycles. The summed E-state index contributed by atoms with van der Waals surface area (Å²) in [4.78, 5) is 23.2.